The van der Waals surface area contributed by atoms with Crippen LogP contribution in [0.5, 0.6) is 0 Å². The summed E-state index contributed by atoms with van der Waals surface area (Å²) < 4.78 is 61.6. The van der Waals surface area contributed by atoms with E-state index in [1.807, 2.05) is 18.0 Å². The first-order valence-electron chi connectivity index (χ1n) is 17.2. The monoisotopic (exact) mass is 703 g/mol. The standard InChI is InChI=1S/C34H47F2N7O5S/c1-22(2)28(37)32(45)48-18-19-49(46,47)40-24-4-5-25(26(21-24)42-14-9-33(7-8-33)10-15-42)31(44)39-27-20-23-6-13-41(3)29(23)30(38-27)43-16-11-34(35,36)12-17-43/h4-5,20-22,28,40H,6-19,37H2,1-3H3,(H,38,39,44)/t28-/m0/s1. The molecule has 1 aliphatic carbocycles. The van der Waals surface area contributed by atoms with Gasteiger partial charge in [0.1, 0.15) is 24.2 Å². The van der Waals surface area contributed by atoms with Crippen molar-refractivity contribution < 1.29 is 31.5 Å². The van der Waals surface area contributed by atoms with Gasteiger partial charge in [-0.15, -0.1) is 0 Å². The molecule has 6 rings (SSSR count). The first-order chi connectivity index (χ1) is 23.1. The number of hydrogen-bond donors (Lipinski definition) is 3. The Kier molecular flexibility index (Phi) is 9.70. The number of ether oxygens (including phenoxy) is 1. The second-order valence-corrected chi connectivity index (χ2v) is 16.2. The second kappa shape index (κ2) is 13.5. The number of nitrogens with zero attached hydrogens (tertiary/aromatic N) is 4. The van der Waals surface area contributed by atoms with E-state index in [9.17, 15) is 26.8 Å². The summed E-state index contributed by atoms with van der Waals surface area (Å²) in [5.74, 6) is -3.43. The fourth-order valence-electron chi connectivity index (χ4n) is 6.90. The van der Waals surface area contributed by atoms with Crippen molar-refractivity contribution >= 4 is 50.6 Å². The Morgan fingerprint density at radius 3 is 2.33 bits per heavy atom. The minimum absolute atomic E-state index is 0.145. The quantitative estimate of drug-likeness (QED) is 0.291. The van der Waals surface area contributed by atoms with E-state index in [-0.39, 0.29) is 44.1 Å². The number of carbonyl (C=O) groups is 2. The van der Waals surface area contributed by atoms with Crippen molar-refractivity contribution in [3.8, 4) is 0 Å². The summed E-state index contributed by atoms with van der Waals surface area (Å²) in [6.45, 7) is 5.77. The lowest BCUT2D eigenvalue weighted by molar-refractivity contribution is -0.145. The highest BCUT2D eigenvalue weighted by Crippen LogP contribution is 2.54. The molecule has 0 unspecified atom stereocenters. The summed E-state index contributed by atoms with van der Waals surface area (Å²) in [5.41, 5.74) is 9.32. The van der Waals surface area contributed by atoms with Gasteiger partial charge in [0.05, 0.1) is 22.6 Å². The molecule has 0 radical (unpaired) electrons. The van der Waals surface area contributed by atoms with Crippen LogP contribution in [0.25, 0.3) is 0 Å². The number of hydrogen-bond acceptors (Lipinski definition) is 10. The number of pyridine rings is 1. The number of carbonyl (C=O) groups excluding carboxylic acids is 2. The van der Waals surface area contributed by atoms with E-state index >= 15 is 0 Å². The maximum absolute atomic E-state index is 14.0. The van der Waals surface area contributed by atoms with Crippen LogP contribution in [0.2, 0.25) is 0 Å². The molecule has 1 atom stereocenters. The number of amides is 1. The number of alkyl halides is 2. The third-order valence-corrected chi connectivity index (χ3v) is 11.7. The van der Waals surface area contributed by atoms with E-state index in [0.717, 1.165) is 50.1 Å². The van der Waals surface area contributed by atoms with Gasteiger partial charge in [-0.1, -0.05) is 13.8 Å². The molecule has 1 aromatic heterocycles. The van der Waals surface area contributed by atoms with Crippen LogP contribution >= 0.6 is 0 Å². The Bertz CT molecular complexity index is 1680. The molecule has 3 aliphatic heterocycles. The van der Waals surface area contributed by atoms with Crippen LogP contribution in [0.15, 0.2) is 24.3 Å². The molecule has 4 N–H and O–H groups in total. The molecule has 3 fully saturated rings. The van der Waals surface area contributed by atoms with Crippen molar-refractivity contribution in [2.75, 3.05) is 76.9 Å². The molecule has 4 aliphatic rings. The number of aromatic nitrogens is 1. The maximum Gasteiger partial charge on any atom is 0.323 e. The van der Waals surface area contributed by atoms with Gasteiger partial charge in [-0.2, -0.15) is 0 Å². The van der Waals surface area contributed by atoms with Gasteiger partial charge in [0, 0.05) is 52.6 Å². The number of halogens is 2. The lowest BCUT2D eigenvalue weighted by atomic mass is 9.93. The zero-order chi connectivity index (χ0) is 35.1. The highest BCUT2D eigenvalue weighted by atomic mass is 32.2. The molecule has 4 heterocycles. The summed E-state index contributed by atoms with van der Waals surface area (Å²) in [7, 11) is -1.95. The van der Waals surface area contributed by atoms with Crippen LogP contribution < -0.4 is 30.5 Å². The first-order valence-corrected chi connectivity index (χ1v) is 18.8. The van der Waals surface area contributed by atoms with Gasteiger partial charge in [0.15, 0.2) is 5.82 Å². The molecule has 268 valence electrons. The Morgan fingerprint density at radius 2 is 1.67 bits per heavy atom. The lowest BCUT2D eigenvalue weighted by Crippen LogP contribution is -2.40. The van der Waals surface area contributed by atoms with Crippen molar-refractivity contribution in [3.63, 3.8) is 0 Å². The van der Waals surface area contributed by atoms with E-state index in [0.29, 0.717) is 28.3 Å². The summed E-state index contributed by atoms with van der Waals surface area (Å²) in [6, 6.07) is 5.81. The van der Waals surface area contributed by atoms with E-state index in [4.69, 9.17) is 15.5 Å². The van der Waals surface area contributed by atoms with Crippen LogP contribution in [0.3, 0.4) is 0 Å². The van der Waals surface area contributed by atoms with E-state index < -0.39 is 39.6 Å². The lowest BCUT2D eigenvalue weighted by Gasteiger charge is -2.35. The third-order valence-electron chi connectivity index (χ3n) is 10.4. The number of anilines is 5. The summed E-state index contributed by atoms with van der Waals surface area (Å²) >= 11 is 0. The van der Waals surface area contributed by atoms with E-state index in [2.05, 4.69) is 19.8 Å². The zero-order valence-corrected chi connectivity index (χ0v) is 29.3. The molecular weight excluding hydrogens is 656 g/mol. The molecule has 2 saturated heterocycles. The van der Waals surface area contributed by atoms with Gasteiger partial charge in [-0.05, 0) is 73.3 Å². The van der Waals surface area contributed by atoms with Crippen molar-refractivity contribution in [1.82, 2.24) is 4.98 Å². The number of nitrogens with one attached hydrogen (secondary N) is 2. The van der Waals surface area contributed by atoms with Crippen molar-refractivity contribution in [2.24, 2.45) is 17.1 Å². The van der Waals surface area contributed by atoms with Gasteiger partial charge < -0.3 is 30.5 Å². The minimum Gasteiger partial charge on any atom is -0.463 e. The number of sulfonamides is 1. The fourth-order valence-corrected chi connectivity index (χ4v) is 7.79. The Labute approximate surface area is 286 Å². The number of fused-ring (bicyclic) bond motifs is 1. The molecule has 1 saturated carbocycles. The fraction of sp³-hybridized carbons (Fsp3) is 0.618. The van der Waals surface area contributed by atoms with Crippen molar-refractivity contribution in [2.45, 2.75) is 70.8 Å². The number of rotatable bonds is 11. The van der Waals surface area contributed by atoms with Crippen LogP contribution in [0.1, 0.15) is 68.3 Å². The topological polar surface area (TPSA) is 150 Å². The molecule has 1 spiro atoms. The molecule has 15 heteroatoms. The highest BCUT2D eigenvalue weighted by Gasteiger charge is 2.45. The normalized spacial score (nSPS) is 20.3. The van der Waals surface area contributed by atoms with Crippen LogP contribution in [-0.4, -0.2) is 89.4 Å². The van der Waals surface area contributed by atoms with Gasteiger partial charge in [-0.3, -0.25) is 14.3 Å². The Morgan fingerprint density at radius 1 is 1.00 bits per heavy atom. The van der Waals surface area contributed by atoms with Gasteiger partial charge in [0.25, 0.3) is 11.8 Å². The molecule has 2 aromatic rings. The minimum atomic E-state index is -3.90. The van der Waals surface area contributed by atoms with Crippen LogP contribution in [0.4, 0.5) is 37.5 Å². The SMILES string of the molecule is CC(C)[C@H](N)C(=O)OCCS(=O)(=O)Nc1ccc(C(=O)Nc2cc3c(c(N4CCC(F)(F)CC4)n2)N(C)CC3)c(N2CCC3(CC2)CC3)c1. The molecule has 49 heavy (non-hydrogen) atoms. The average Bonchev–Trinajstić information content (AvgIpc) is 3.70. The largest absolute Gasteiger partial charge is 0.463 e. The van der Waals surface area contributed by atoms with Crippen molar-refractivity contribution in [1.29, 1.82) is 0 Å². The predicted molar refractivity (Wildman–Crippen MR) is 186 cm³/mol. The van der Waals surface area contributed by atoms with Crippen LogP contribution in [0, 0.1) is 11.3 Å². The summed E-state index contributed by atoms with van der Waals surface area (Å²) in [4.78, 5) is 36.9. The van der Waals surface area contributed by atoms with E-state index in [1.54, 1.807) is 26.0 Å². The molecule has 1 aromatic carbocycles. The number of benzene rings is 1. The van der Waals surface area contributed by atoms with Gasteiger partial charge in [-0.25, -0.2) is 22.2 Å². The second-order valence-electron chi connectivity index (χ2n) is 14.4. The molecule has 0 bridgehead atoms. The number of nitrogens with two attached hydrogens (primary N) is 1. The summed E-state index contributed by atoms with van der Waals surface area (Å²) in [6.07, 6.45) is 4.63. The number of likely N-dealkylation sites (N-methyl/N-ethyl adjacent to an activating group) is 1. The predicted octanol–water partition coefficient (Wildman–Crippen LogP) is 4.21. The van der Waals surface area contributed by atoms with Crippen molar-refractivity contribution in [3.05, 3.63) is 35.4 Å². The average molecular weight is 704 g/mol. The Balaban J connectivity index is 1.22. The van der Waals surface area contributed by atoms with Gasteiger partial charge >= 0.3 is 5.97 Å². The molecular formula is C34H47F2N7O5S. The number of esters is 1. The van der Waals surface area contributed by atoms with Gasteiger partial charge in [0.2, 0.25) is 10.0 Å². The number of piperidine rings is 2. The Hall–Kier alpha value is -3.72. The zero-order valence-electron chi connectivity index (χ0n) is 28.4. The van der Waals surface area contributed by atoms with Crippen LogP contribution in [-0.2, 0) is 26.0 Å². The third kappa shape index (κ3) is 8.03. The smallest absolute Gasteiger partial charge is 0.323 e. The molecule has 1 amide bonds. The summed E-state index contributed by atoms with van der Waals surface area (Å²) in [5, 5.41) is 2.96. The highest BCUT2D eigenvalue weighted by molar-refractivity contribution is 7.92. The maximum atomic E-state index is 14.0. The first kappa shape index (κ1) is 35.1. The molecule has 12 nitrogen and oxygen atoms in total. The van der Waals surface area contributed by atoms with E-state index in [1.165, 1.54) is 18.9 Å².